The highest BCUT2D eigenvalue weighted by Crippen LogP contribution is 2.24. The molecule has 0 radical (unpaired) electrons. The van der Waals surface area contributed by atoms with Gasteiger partial charge in [-0.25, -0.2) is 13.1 Å². The number of hydrogen-bond donors (Lipinski definition) is 1. The SMILES string of the molecule is Cc1cc(C)c(C(=O)c2ccccc2S(=O)(=O)NCc2ccccc2)c(C)c1. The van der Waals surface area contributed by atoms with Crippen LogP contribution in [-0.2, 0) is 16.6 Å². The molecule has 3 aromatic rings. The van der Waals surface area contributed by atoms with E-state index in [0.29, 0.717) is 5.56 Å². The molecule has 0 heterocycles. The largest absolute Gasteiger partial charge is 0.289 e. The van der Waals surface area contributed by atoms with E-state index in [1.165, 1.54) is 6.07 Å². The maximum Gasteiger partial charge on any atom is 0.241 e. The van der Waals surface area contributed by atoms with Crippen molar-refractivity contribution in [2.24, 2.45) is 0 Å². The van der Waals surface area contributed by atoms with Gasteiger partial charge >= 0.3 is 0 Å². The summed E-state index contributed by atoms with van der Waals surface area (Å²) in [6, 6.07) is 19.5. The Bertz CT molecular complexity index is 1100. The zero-order chi connectivity index (χ0) is 20.3. The molecule has 4 nitrogen and oxygen atoms in total. The molecule has 0 amide bonds. The molecule has 0 aromatic heterocycles. The molecule has 0 fully saturated rings. The van der Waals surface area contributed by atoms with Crippen LogP contribution in [0.4, 0.5) is 0 Å². The number of ketones is 1. The smallest absolute Gasteiger partial charge is 0.241 e. The quantitative estimate of drug-likeness (QED) is 0.634. The Hall–Kier alpha value is -2.76. The van der Waals surface area contributed by atoms with E-state index in [1.54, 1.807) is 18.2 Å². The molecule has 0 saturated carbocycles. The molecule has 0 aliphatic carbocycles. The van der Waals surface area contributed by atoms with Crippen LogP contribution >= 0.6 is 0 Å². The Kier molecular flexibility index (Phi) is 5.77. The average Bonchev–Trinajstić information content (AvgIpc) is 2.66. The van der Waals surface area contributed by atoms with Gasteiger partial charge in [0.1, 0.15) is 0 Å². The van der Waals surface area contributed by atoms with Crippen molar-refractivity contribution < 1.29 is 13.2 Å². The molecule has 0 aliphatic heterocycles. The highest BCUT2D eigenvalue weighted by Gasteiger charge is 2.24. The van der Waals surface area contributed by atoms with Crippen molar-refractivity contribution in [2.75, 3.05) is 0 Å². The first-order valence-electron chi connectivity index (χ1n) is 9.05. The number of sulfonamides is 1. The van der Waals surface area contributed by atoms with Crippen LogP contribution in [0.2, 0.25) is 0 Å². The Morgan fingerprint density at radius 3 is 2.07 bits per heavy atom. The summed E-state index contributed by atoms with van der Waals surface area (Å²) in [5.41, 5.74) is 4.32. The van der Waals surface area contributed by atoms with E-state index < -0.39 is 10.0 Å². The van der Waals surface area contributed by atoms with Gasteiger partial charge in [0, 0.05) is 17.7 Å². The van der Waals surface area contributed by atoms with Crippen LogP contribution in [0.25, 0.3) is 0 Å². The second kappa shape index (κ2) is 8.09. The maximum atomic E-state index is 13.2. The number of benzene rings is 3. The molecule has 1 N–H and O–H groups in total. The van der Waals surface area contributed by atoms with Crippen molar-refractivity contribution in [2.45, 2.75) is 32.2 Å². The number of hydrogen-bond acceptors (Lipinski definition) is 3. The second-order valence-electron chi connectivity index (χ2n) is 6.91. The summed E-state index contributed by atoms with van der Waals surface area (Å²) in [5, 5.41) is 0. The first-order valence-corrected chi connectivity index (χ1v) is 10.5. The fraction of sp³-hybridized carbons (Fsp3) is 0.174. The third-order valence-electron chi connectivity index (χ3n) is 4.63. The second-order valence-corrected chi connectivity index (χ2v) is 8.64. The fourth-order valence-electron chi connectivity index (χ4n) is 3.41. The number of carbonyl (C=O) groups is 1. The van der Waals surface area contributed by atoms with E-state index in [1.807, 2.05) is 63.2 Å². The zero-order valence-electron chi connectivity index (χ0n) is 16.2. The molecular formula is C23H23NO3S. The Morgan fingerprint density at radius 2 is 1.43 bits per heavy atom. The molecule has 28 heavy (non-hydrogen) atoms. The number of carbonyl (C=O) groups excluding carboxylic acids is 1. The van der Waals surface area contributed by atoms with Crippen molar-refractivity contribution in [1.29, 1.82) is 0 Å². The molecule has 5 heteroatoms. The van der Waals surface area contributed by atoms with Gasteiger partial charge in [-0.05, 0) is 49.6 Å². The minimum absolute atomic E-state index is 0.00435. The van der Waals surface area contributed by atoms with Crippen LogP contribution in [0.1, 0.15) is 38.2 Å². The Balaban J connectivity index is 1.98. The first kappa shape index (κ1) is 20.0. The van der Waals surface area contributed by atoms with E-state index in [0.717, 1.165) is 22.3 Å². The molecule has 144 valence electrons. The summed E-state index contributed by atoms with van der Waals surface area (Å²) in [4.78, 5) is 13.2. The van der Waals surface area contributed by atoms with Crippen molar-refractivity contribution in [3.8, 4) is 0 Å². The molecule has 0 saturated heterocycles. The van der Waals surface area contributed by atoms with Gasteiger partial charge < -0.3 is 0 Å². The van der Waals surface area contributed by atoms with Crippen molar-refractivity contribution >= 4 is 15.8 Å². The maximum absolute atomic E-state index is 13.2. The lowest BCUT2D eigenvalue weighted by atomic mass is 9.93. The highest BCUT2D eigenvalue weighted by atomic mass is 32.2. The third kappa shape index (κ3) is 4.21. The van der Waals surface area contributed by atoms with Gasteiger partial charge in [-0.3, -0.25) is 4.79 Å². The average molecular weight is 394 g/mol. The predicted octanol–water partition coefficient (Wildman–Crippen LogP) is 4.32. The minimum atomic E-state index is -3.85. The van der Waals surface area contributed by atoms with Gasteiger partial charge in [-0.15, -0.1) is 0 Å². The van der Waals surface area contributed by atoms with Gasteiger partial charge in [0.05, 0.1) is 4.90 Å². The van der Waals surface area contributed by atoms with Crippen molar-refractivity contribution in [1.82, 2.24) is 4.72 Å². The first-order chi connectivity index (χ1) is 13.3. The van der Waals surface area contributed by atoms with Gasteiger partial charge in [-0.1, -0.05) is 60.2 Å². The van der Waals surface area contributed by atoms with Crippen molar-refractivity contribution in [3.05, 3.63) is 100 Å². The standard InChI is InChI=1S/C23H23NO3S/c1-16-13-17(2)22(18(3)14-16)23(25)20-11-7-8-12-21(20)28(26,27)24-15-19-9-5-4-6-10-19/h4-14,24H,15H2,1-3H3. The monoisotopic (exact) mass is 393 g/mol. The van der Waals surface area contributed by atoms with Crippen LogP contribution in [0.15, 0.2) is 71.6 Å². The predicted molar refractivity (Wildman–Crippen MR) is 111 cm³/mol. The summed E-state index contributed by atoms with van der Waals surface area (Å²) < 4.78 is 28.4. The fourth-order valence-corrected chi connectivity index (χ4v) is 4.63. The van der Waals surface area contributed by atoms with Gasteiger partial charge in [0.25, 0.3) is 0 Å². The molecule has 0 aliphatic rings. The molecule has 0 atom stereocenters. The summed E-state index contributed by atoms with van der Waals surface area (Å²) in [7, 11) is -3.85. The molecule has 3 rings (SSSR count). The molecule has 0 unspecified atom stereocenters. The molecular weight excluding hydrogens is 370 g/mol. The number of rotatable bonds is 6. The van der Waals surface area contributed by atoms with E-state index in [2.05, 4.69) is 4.72 Å². The van der Waals surface area contributed by atoms with Gasteiger partial charge in [-0.2, -0.15) is 0 Å². The van der Waals surface area contributed by atoms with Crippen molar-refractivity contribution in [3.63, 3.8) is 0 Å². The number of aryl methyl sites for hydroxylation is 3. The summed E-state index contributed by atoms with van der Waals surface area (Å²) >= 11 is 0. The summed E-state index contributed by atoms with van der Waals surface area (Å²) in [5.74, 6) is -0.282. The van der Waals surface area contributed by atoms with Gasteiger partial charge in [0.15, 0.2) is 5.78 Å². The molecule has 3 aromatic carbocycles. The lowest BCUT2D eigenvalue weighted by Gasteiger charge is -2.14. The third-order valence-corrected chi connectivity index (χ3v) is 6.09. The lowest BCUT2D eigenvalue weighted by Crippen LogP contribution is -2.25. The van der Waals surface area contributed by atoms with Crippen LogP contribution in [0, 0.1) is 20.8 Å². The zero-order valence-corrected chi connectivity index (χ0v) is 17.0. The number of nitrogens with one attached hydrogen (secondary N) is 1. The van der Waals surface area contributed by atoms with Crippen LogP contribution in [-0.4, -0.2) is 14.2 Å². The summed E-state index contributed by atoms with van der Waals surface area (Å²) in [6.45, 7) is 5.88. The van der Waals surface area contributed by atoms with Crippen LogP contribution < -0.4 is 4.72 Å². The Labute approximate surface area is 166 Å². The van der Waals surface area contributed by atoms with E-state index in [4.69, 9.17) is 0 Å². The highest BCUT2D eigenvalue weighted by molar-refractivity contribution is 7.89. The normalized spacial score (nSPS) is 11.4. The van der Waals surface area contributed by atoms with E-state index >= 15 is 0 Å². The topological polar surface area (TPSA) is 63.2 Å². The van der Waals surface area contributed by atoms with Crippen LogP contribution in [0.5, 0.6) is 0 Å². The van der Waals surface area contributed by atoms with E-state index in [9.17, 15) is 13.2 Å². The lowest BCUT2D eigenvalue weighted by molar-refractivity contribution is 0.103. The van der Waals surface area contributed by atoms with Gasteiger partial charge in [0.2, 0.25) is 10.0 Å². The van der Waals surface area contributed by atoms with E-state index in [-0.39, 0.29) is 22.8 Å². The minimum Gasteiger partial charge on any atom is -0.289 e. The Morgan fingerprint density at radius 1 is 0.857 bits per heavy atom. The molecule has 0 bridgehead atoms. The van der Waals surface area contributed by atoms with Crippen LogP contribution in [0.3, 0.4) is 0 Å². The summed E-state index contributed by atoms with van der Waals surface area (Å²) in [6.07, 6.45) is 0. The molecule has 0 spiro atoms.